The molecular formula is C4H11FS. The average Bonchev–Trinajstić information content (AvgIpc) is 1.41. The smallest absolute Gasteiger partial charge is 0.00961 e. The third-order valence-corrected chi connectivity index (χ3v) is 1.22. The zero-order chi connectivity index (χ0) is 4.12. The second-order valence-electron chi connectivity index (χ2n) is 0.781. The summed E-state index contributed by atoms with van der Waals surface area (Å²) in [6.07, 6.45) is 0. The van der Waals surface area contributed by atoms with Crippen molar-refractivity contribution in [1.82, 2.24) is 0 Å². The van der Waals surface area contributed by atoms with Gasteiger partial charge in [-0.15, -0.1) is 0 Å². The number of rotatable bonds is 2. The van der Waals surface area contributed by atoms with Crippen molar-refractivity contribution in [3.05, 3.63) is 0 Å². The summed E-state index contributed by atoms with van der Waals surface area (Å²) < 4.78 is 0. The molecule has 0 aromatic carbocycles. The van der Waals surface area contributed by atoms with Gasteiger partial charge in [0.05, 0.1) is 0 Å². The molecule has 0 aliphatic carbocycles. The Kier molecular flexibility index (Phi) is 14.3. The average molecular weight is 110 g/mol. The van der Waals surface area contributed by atoms with Crippen LogP contribution in [0, 0.1) is 0 Å². The Hall–Kier alpha value is 0.280. The summed E-state index contributed by atoms with van der Waals surface area (Å²) in [6.45, 7) is 4.35. The van der Waals surface area contributed by atoms with Crippen molar-refractivity contribution >= 4 is 11.8 Å². The first-order chi connectivity index (χ1) is 2.41. The minimum atomic E-state index is 0. The van der Waals surface area contributed by atoms with Crippen LogP contribution in [-0.4, -0.2) is 11.5 Å². The van der Waals surface area contributed by atoms with Gasteiger partial charge in [0.1, 0.15) is 0 Å². The van der Waals surface area contributed by atoms with Crippen molar-refractivity contribution in [2.24, 2.45) is 0 Å². The fraction of sp³-hybridized carbons (Fsp3) is 1.00. The number of thioether (sulfide) groups is 1. The largest absolute Gasteiger partial charge is 0.269 e. The molecule has 0 nitrogen and oxygen atoms in total. The maximum Gasteiger partial charge on any atom is -0.00961 e. The van der Waals surface area contributed by atoms with Gasteiger partial charge >= 0.3 is 0 Å². The number of halogens is 1. The van der Waals surface area contributed by atoms with E-state index in [0.717, 1.165) is 0 Å². The van der Waals surface area contributed by atoms with Crippen LogP contribution in [0.1, 0.15) is 13.8 Å². The SMILES string of the molecule is CCSCC.F. The molecule has 0 unspecified atom stereocenters. The highest BCUT2D eigenvalue weighted by atomic mass is 32.2. The van der Waals surface area contributed by atoms with E-state index in [0.29, 0.717) is 0 Å². The monoisotopic (exact) mass is 110 g/mol. The molecule has 2 heteroatoms. The van der Waals surface area contributed by atoms with Crippen molar-refractivity contribution < 1.29 is 4.70 Å². The zero-order valence-electron chi connectivity index (χ0n) is 4.23. The summed E-state index contributed by atoms with van der Waals surface area (Å²) >= 11 is 1.96. The third kappa shape index (κ3) is 8.86. The maximum atomic E-state index is 2.17. The molecule has 0 rings (SSSR count). The summed E-state index contributed by atoms with van der Waals surface area (Å²) in [7, 11) is 0. The van der Waals surface area contributed by atoms with Crippen molar-refractivity contribution in [1.29, 1.82) is 0 Å². The Bertz CT molecular complexity index is 15.0. The Morgan fingerprint density at radius 3 is 1.50 bits per heavy atom. The Balaban J connectivity index is 0. The molecule has 0 N–H and O–H groups in total. The van der Waals surface area contributed by atoms with E-state index in [-0.39, 0.29) is 4.70 Å². The highest BCUT2D eigenvalue weighted by molar-refractivity contribution is 7.99. The standard InChI is InChI=1S/C4H10S.FH/c1-3-5-4-2;/h3-4H2,1-2H3;1H. The van der Waals surface area contributed by atoms with E-state index in [4.69, 9.17) is 0 Å². The molecule has 0 fully saturated rings. The molecule has 0 atom stereocenters. The maximum absolute atomic E-state index is 2.17. The summed E-state index contributed by atoms with van der Waals surface area (Å²) in [5.41, 5.74) is 0. The quantitative estimate of drug-likeness (QED) is 0.523. The van der Waals surface area contributed by atoms with E-state index in [1.165, 1.54) is 11.5 Å². The normalized spacial score (nSPS) is 7.00. The summed E-state index contributed by atoms with van der Waals surface area (Å²) in [6, 6.07) is 0. The van der Waals surface area contributed by atoms with Crippen molar-refractivity contribution in [3.8, 4) is 0 Å². The lowest BCUT2D eigenvalue weighted by molar-refractivity contribution is 1.11. The van der Waals surface area contributed by atoms with Crippen molar-refractivity contribution in [2.45, 2.75) is 13.8 Å². The van der Waals surface area contributed by atoms with Gasteiger partial charge < -0.3 is 0 Å². The summed E-state index contributed by atoms with van der Waals surface area (Å²) in [5.74, 6) is 2.52. The molecule has 0 saturated heterocycles. The van der Waals surface area contributed by atoms with Gasteiger partial charge in [0.15, 0.2) is 0 Å². The highest BCUT2D eigenvalue weighted by Crippen LogP contribution is 1.93. The van der Waals surface area contributed by atoms with Crippen LogP contribution in [0.4, 0.5) is 4.70 Å². The number of hydrogen-bond donors (Lipinski definition) is 0. The fourth-order valence-corrected chi connectivity index (χ4v) is 0.612. The lowest BCUT2D eigenvalue weighted by Crippen LogP contribution is -1.64. The molecular weight excluding hydrogens is 99.1 g/mol. The summed E-state index contributed by atoms with van der Waals surface area (Å²) in [5, 5.41) is 0. The second kappa shape index (κ2) is 8.99. The van der Waals surface area contributed by atoms with Gasteiger partial charge in [-0.2, -0.15) is 11.8 Å². The van der Waals surface area contributed by atoms with E-state index in [2.05, 4.69) is 13.8 Å². The molecule has 0 aromatic heterocycles. The van der Waals surface area contributed by atoms with Gasteiger partial charge in [-0.3, -0.25) is 4.70 Å². The van der Waals surface area contributed by atoms with E-state index >= 15 is 0 Å². The molecule has 0 aliphatic heterocycles. The highest BCUT2D eigenvalue weighted by Gasteiger charge is 1.67. The molecule has 0 amide bonds. The molecule has 0 heterocycles. The van der Waals surface area contributed by atoms with Gasteiger partial charge in [0.2, 0.25) is 0 Å². The Morgan fingerprint density at radius 2 is 1.50 bits per heavy atom. The predicted octanol–water partition coefficient (Wildman–Crippen LogP) is 1.91. The van der Waals surface area contributed by atoms with Crippen LogP contribution in [-0.2, 0) is 0 Å². The van der Waals surface area contributed by atoms with E-state index in [9.17, 15) is 0 Å². The fourth-order valence-electron chi connectivity index (χ4n) is 0.204. The Labute approximate surface area is 42.7 Å². The van der Waals surface area contributed by atoms with Crippen LogP contribution >= 0.6 is 11.8 Å². The molecule has 0 radical (unpaired) electrons. The second-order valence-corrected chi connectivity index (χ2v) is 2.34. The topological polar surface area (TPSA) is 0 Å². The van der Waals surface area contributed by atoms with E-state index < -0.39 is 0 Å². The van der Waals surface area contributed by atoms with Crippen LogP contribution in [0.15, 0.2) is 0 Å². The van der Waals surface area contributed by atoms with Crippen LogP contribution in [0.5, 0.6) is 0 Å². The molecule has 0 bridgehead atoms. The lowest BCUT2D eigenvalue weighted by Gasteiger charge is -1.80. The van der Waals surface area contributed by atoms with Gasteiger partial charge in [-0.05, 0) is 11.5 Å². The first-order valence-corrected chi connectivity index (χ1v) is 3.15. The third-order valence-electron chi connectivity index (χ3n) is 0.408. The summed E-state index contributed by atoms with van der Waals surface area (Å²) in [4.78, 5) is 0. The van der Waals surface area contributed by atoms with Crippen LogP contribution in [0.2, 0.25) is 0 Å². The van der Waals surface area contributed by atoms with Gasteiger partial charge in [0.25, 0.3) is 0 Å². The zero-order valence-corrected chi connectivity index (χ0v) is 5.05. The molecule has 40 valence electrons. The lowest BCUT2D eigenvalue weighted by atomic mass is 11.0. The molecule has 0 saturated carbocycles. The van der Waals surface area contributed by atoms with Crippen LogP contribution in [0.25, 0.3) is 0 Å². The molecule has 0 aliphatic rings. The molecule has 6 heavy (non-hydrogen) atoms. The van der Waals surface area contributed by atoms with Gasteiger partial charge in [0, 0.05) is 0 Å². The molecule has 0 spiro atoms. The van der Waals surface area contributed by atoms with E-state index in [1.807, 2.05) is 11.8 Å². The minimum Gasteiger partial charge on any atom is -0.269 e. The van der Waals surface area contributed by atoms with Gasteiger partial charge in [-0.1, -0.05) is 13.8 Å². The predicted molar refractivity (Wildman–Crippen MR) is 31.2 cm³/mol. The number of hydrogen-bond acceptors (Lipinski definition) is 1. The molecule has 0 aromatic rings. The first-order valence-electron chi connectivity index (χ1n) is 1.99. The van der Waals surface area contributed by atoms with Crippen LogP contribution < -0.4 is 0 Å². The van der Waals surface area contributed by atoms with E-state index in [1.54, 1.807) is 0 Å². The van der Waals surface area contributed by atoms with Crippen molar-refractivity contribution in [3.63, 3.8) is 0 Å². The van der Waals surface area contributed by atoms with Crippen LogP contribution in [0.3, 0.4) is 0 Å². The van der Waals surface area contributed by atoms with Gasteiger partial charge in [-0.25, -0.2) is 0 Å². The minimum absolute atomic E-state index is 0. The first kappa shape index (κ1) is 9.56. The van der Waals surface area contributed by atoms with Crippen molar-refractivity contribution in [2.75, 3.05) is 11.5 Å². The Morgan fingerprint density at radius 1 is 1.17 bits per heavy atom.